The van der Waals surface area contributed by atoms with Crippen LogP contribution >= 0.6 is 0 Å². The Morgan fingerprint density at radius 1 is 1.19 bits per heavy atom. The molecule has 0 saturated heterocycles. The Kier molecular flexibility index (Phi) is 6.85. The molecule has 1 aromatic rings. The smallest absolute Gasteiger partial charge is 0.321 e. The van der Waals surface area contributed by atoms with Gasteiger partial charge in [0, 0.05) is 6.21 Å². The molecule has 0 aliphatic carbocycles. The molecule has 1 atom stereocenters. The maximum atomic E-state index is 12.2. The quantitative estimate of drug-likeness (QED) is 0.340. The third-order valence-electron chi connectivity index (χ3n) is 4.13. The number of amidine groups is 2. The average Bonchev–Trinajstić information content (AvgIpc) is 3.22. The van der Waals surface area contributed by atoms with Gasteiger partial charge in [-0.1, -0.05) is 6.92 Å². The number of nitrogens with zero attached hydrogens (tertiary/aromatic N) is 6. The number of ether oxygens (including phenoxy) is 2. The van der Waals surface area contributed by atoms with Gasteiger partial charge in [-0.05, 0) is 43.7 Å². The SMILES string of the molecule is CCCOc1ccc(N=CC(C(C)=O)C(=O)OCC)cc1C1=NC(=O)C2=NN=NC2=N1. The maximum Gasteiger partial charge on any atom is 0.321 e. The standard InChI is InChI=1S/C20H20N6O5/c1-4-8-31-15-7-6-12(21-10-14(11(3)27)20(29)30-5-2)9-13(15)17-22-18-16(19(28)23-17)24-26-25-18/h6-7,9-10,14H,4-5,8H2,1-3H3. The van der Waals surface area contributed by atoms with Crippen LogP contribution in [0.1, 0.15) is 32.8 Å². The van der Waals surface area contributed by atoms with Crippen LogP contribution in [0.25, 0.3) is 0 Å². The van der Waals surface area contributed by atoms with Crippen LogP contribution in [0.4, 0.5) is 5.69 Å². The lowest BCUT2D eigenvalue weighted by atomic mass is 10.1. The van der Waals surface area contributed by atoms with Crippen molar-refractivity contribution in [1.29, 1.82) is 0 Å². The summed E-state index contributed by atoms with van der Waals surface area (Å²) < 4.78 is 10.7. The van der Waals surface area contributed by atoms with Gasteiger partial charge in [-0.3, -0.25) is 19.4 Å². The van der Waals surface area contributed by atoms with E-state index in [0.29, 0.717) is 23.6 Å². The molecule has 31 heavy (non-hydrogen) atoms. The predicted molar refractivity (Wildman–Crippen MR) is 112 cm³/mol. The highest BCUT2D eigenvalue weighted by Gasteiger charge is 2.29. The molecule has 0 N–H and O–H groups in total. The number of rotatable bonds is 9. The Bertz CT molecular complexity index is 1070. The Labute approximate surface area is 177 Å². The van der Waals surface area contributed by atoms with E-state index >= 15 is 0 Å². The minimum Gasteiger partial charge on any atom is -0.493 e. The number of carbonyl (C=O) groups is 3. The van der Waals surface area contributed by atoms with Crippen molar-refractivity contribution in [2.75, 3.05) is 13.2 Å². The normalized spacial score (nSPS) is 15.8. The van der Waals surface area contributed by atoms with Gasteiger partial charge in [-0.15, -0.1) is 10.2 Å². The zero-order valence-corrected chi connectivity index (χ0v) is 17.2. The van der Waals surface area contributed by atoms with Gasteiger partial charge in [0.25, 0.3) is 0 Å². The number of aliphatic imine (C=N–C) groups is 3. The van der Waals surface area contributed by atoms with Crippen LogP contribution in [0.2, 0.25) is 0 Å². The van der Waals surface area contributed by atoms with E-state index in [4.69, 9.17) is 9.47 Å². The van der Waals surface area contributed by atoms with Gasteiger partial charge in [0.1, 0.15) is 11.5 Å². The fraction of sp³-hybridized carbons (Fsp3) is 0.350. The fourth-order valence-electron chi connectivity index (χ4n) is 2.65. The first-order valence-corrected chi connectivity index (χ1v) is 9.63. The van der Waals surface area contributed by atoms with E-state index < -0.39 is 23.6 Å². The van der Waals surface area contributed by atoms with Gasteiger partial charge in [0.2, 0.25) is 11.5 Å². The lowest BCUT2D eigenvalue weighted by molar-refractivity contribution is -0.148. The molecule has 0 fully saturated rings. The van der Waals surface area contributed by atoms with Crippen LogP contribution in [0.15, 0.2) is 48.6 Å². The highest BCUT2D eigenvalue weighted by Crippen LogP contribution is 2.27. The molecule has 0 radical (unpaired) electrons. The second kappa shape index (κ2) is 9.74. The molecule has 160 valence electrons. The highest BCUT2D eigenvalue weighted by atomic mass is 16.5. The molecule has 2 heterocycles. The summed E-state index contributed by atoms with van der Waals surface area (Å²) in [7, 11) is 0. The molecule has 0 bridgehead atoms. The minimum absolute atomic E-state index is 0.0207. The van der Waals surface area contributed by atoms with Gasteiger partial charge < -0.3 is 9.47 Å². The summed E-state index contributed by atoms with van der Waals surface area (Å²) in [5, 5.41) is 10.8. The summed E-state index contributed by atoms with van der Waals surface area (Å²) in [6, 6.07) is 4.89. The summed E-state index contributed by atoms with van der Waals surface area (Å²) in [5.41, 5.74) is 0.783. The molecule has 0 saturated carbocycles. The Morgan fingerprint density at radius 2 is 2.00 bits per heavy atom. The molecular formula is C20H20N6O5. The molecule has 11 heteroatoms. The number of carbonyl (C=O) groups excluding carboxylic acids is 3. The van der Waals surface area contributed by atoms with Gasteiger partial charge >= 0.3 is 11.9 Å². The molecular weight excluding hydrogens is 404 g/mol. The van der Waals surface area contributed by atoms with Crippen LogP contribution in [0, 0.1) is 5.92 Å². The highest BCUT2D eigenvalue weighted by molar-refractivity contribution is 6.69. The number of benzene rings is 1. The predicted octanol–water partition coefficient (Wildman–Crippen LogP) is 2.45. The summed E-state index contributed by atoms with van der Waals surface area (Å²) in [6.45, 7) is 5.49. The van der Waals surface area contributed by atoms with Crippen molar-refractivity contribution in [1.82, 2.24) is 0 Å². The lowest BCUT2D eigenvalue weighted by Gasteiger charge is -2.13. The number of fused-ring (bicyclic) bond motifs is 1. The third kappa shape index (κ3) is 5.00. The number of hydrogen-bond donors (Lipinski definition) is 0. The fourth-order valence-corrected chi connectivity index (χ4v) is 2.65. The first-order valence-electron chi connectivity index (χ1n) is 9.63. The van der Waals surface area contributed by atoms with E-state index in [1.54, 1.807) is 25.1 Å². The first kappa shape index (κ1) is 21.8. The average molecular weight is 424 g/mol. The van der Waals surface area contributed by atoms with Crippen molar-refractivity contribution in [2.45, 2.75) is 27.2 Å². The molecule has 1 amide bonds. The monoisotopic (exact) mass is 424 g/mol. The van der Waals surface area contributed by atoms with Crippen LogP contribution in [-0.2, 0) is 19.1 Å². The molecule has 11 nitrogen and oxygen atoms in total. The van der Waals surface area contributed by atoms with Crippen molar-refractivity contribution >= 4 is 46.9 Å². The Morgan fingerprint density at radius 3 is 2.71 bits per heavy atom. The van der Waals surface area contributed by atoms with Gasteiger partial charge in [0.15, 0.2) is 11.8 Å². The molecule has 2 aliphatic heterocycles. The number of ketones is 1. The van der Waals surface area contributed by atoms with Crippen LogP contribution in [0.5, 0.6) is 5.75 Å². The minimum atomic E-state index is -1.12. The second-order valence-electron chi connectivity index (χ2n) is 6.46. The number of esters is 1. The van der Waals surface area contributed by atoms with E-state index in [2.05, 4.69) is 30.4 Å². The van der Waals surface area contributed by atoms with E-state index in [1.807, 2.05) is 6.92 Å². The molecule has 1 aromatic carbocycles. The second-order valence-corrected chi connectivity index (χ2v) is 6.46. The van der Waals surface area contributed by atoms with Crippen molar-refractivity contribution in [3.63, 3.8) is 0 Å². The molecule has 2 aliphatic rings. The first-order chi connectivity index (χ1) is 14.9. The van der Waals surface area contributed by atoms with Crippen molar-refractivity contribution < 1.29 is 23.9 Å². The van der Waals surface area contributed by atoms with Crippen molar-refractivity contribution in [2.24, 2.45) is 36.3 Å². The largest absolute Gasteiger partial charge is 0.493 e. The van der Waals surface area contributed by atoms with Crippen molar-refractivity contribution in [3.8, 4) is 5.75 Å². The van der Waals surface area contributed by atoms with Gasteiger partial charge in [-0.2, -0.15) is 4.99 Å². The summed E-state index contributed by atoms with van der Waals surface area (Å²) >= 11 is 0. The molecule has 0 spiro atoms. The van der Waals surface area contributed by atoms with Crippen LogP contribution in [0.3, 0.4) is 0 Å². The summed E-state index contributed by atoms with van der Waals surface area (Å²) in [5.74, 6) is -2.20. The number of amides is 1. The summed E-state index contributed by atoms with van der Waals surface area (Å²) in [6.07, 6.45) is 1.99. The van der Waals surface area contributed by atoms with E-state index in [9.17, 15) is 14.4 Å². The lowest BCUT2D eigenvalue weighted by Crippen LogP contribution is -2.26. The van der Waals surface area contributed by atoms with Crippen LogP contribution in [-0.4, -0.2) is 54.5 Å². The Balaban J connectivity index is 1.97. The Hall–Kier alpha value is -3.89. The zero-order chi connectivity index (χ0) is 22.4. The zero-order valence-electron chi connectivity index (χ0n) is 17.2. The summed E-state index contributed by atoms with van der Waals surface area (Å²) in [4.78, 5) is 48.4. The maximum absolute atomic E-state index is 12.2. The van der Waals surface area contributed by atoms with Gasteiger partial charge in [0.05, 0.1) is 24.5 Å². The van der Waals surface area contributed by atoms with Crippen LogP contribution < -0.4 is 4.74 Å². The molecule has 1 unspecified atom stereocenters. The third-order valence-corrected chi connectivity index (χ3v) is 4.13. The molecule has 3 rings (SSSR count). The van der Waals surface area contributed by atoms with E-state index in [-0.39, 0.29) is 24.0 Å². The number of Topliss-reactive ketones (excluding diaryl/α,β-unsaturated/α-hetero) is 1. The van der Waals surface area contributed by atoms with Crippen molar-refractivity contribution in [3.05, 3.63) is 23.8 Å². The van der Waals surface area contributed by atoms with Gasteiger partial charge in [-0.25, -0.2) is 4.99 Å². The number of hydrogen-bond acceptors (Lipinski definition) is 10. The van der Waals surface area contributed by atoms with E-state index in [1.165, 1.54) is 13.1 Å². The topological polar surface area (TPSA) is 144 Å². The van der Waals surface area contributed by atoms with E-state index in [0.717, 1.165) is 6.42 Å². The molecule has 0 aromatic heterocycles.